The second-order valence-corrected chi connectivity index (χ2v) is 6.48. The van der Waals surface area contributed by atoms with Crippen molar-refractivity contribution < 1.29 is 4.79 Å². The molecule has 0 bridgehead atoms. The Morgan fingerprint density at radius 1 is 1.19 bits per heavy atom. The van der Waals surface area contributed by atoms with Gasteiger partial charge in [-0.15, -0.1) is 11.6 Å². The Kier molecular flexibility index (Phi) is 7.08. The van der Waals surface area contributed by atoms with Crippen molar-refractivity contribution in [2.24, 2.45) is 5.92 Å². The number of rotatable bonds is 6. The van der Waals surface area contributed by atoms with Crippen LogP contribution < -0.4 is 5.32 Å². The number of benzene rings is 1. The van der Waals surface area contributed by atoms with Crippen LogP contribution in [-0.2, 0) is 11.2 Å². The average molecular weight is 308 g/mol. The third-order valence-corrected chi connectivity index (χ3v) is 4.53. The maximum absolute atomic E-state index is 12.2. The third kappa shape index (κ3) is 6.09. The van der Waals surface area contributed by atoms with E-state index < -0.39 is 0 Å². The number of hydrogen-bond donors (Lipinski definition) is 1. The summed E-state index contributed by atoms with van der Waals surface area (Å²) in [5.74, 6) is 1.42. The summed E-state index contributed by atoms with van der Waals surface area (Å²) in [5.41, 5.74) is 2.16. The molecular weight excluding hydrogens is 282 g/mol. The average Bonchev–Trinajstić information content (AvgIpc) is 2.74. The van der Waals surface area contributed by atoms with Crippen LogP contribution in [0.25, 0.3) is 0 Å². The van der Waals surface area contributed by atoms with Crippen LogP contribution in [0.1, 0.15) is 56.9 Å². The van der Waals surface area contributed by atoms with E-state index in [0.717, 1.165) is 18.5 Å². The molecule has 1 aliphatic rings. The molecule has 0 radical (unpaired) electrons. The lowest BCUT2D eigenvalue weighted by Gasteiger charge is -2.14. The molecule has 1 aromatic rings. The van der Waals surface area contributed by atoms with E-state index in [9.17, 15) is 4.79 Å². The van der Waals surface area contributed by atoms with Gasteiger partial charge in [-0.3, -0.25) is 4.79 Å². The van der Waals surface area contributed by atoms with Crippen LogP contribution >= 0.6 is 11.6 Å². The number of carbonyl (C=O) groups excluding carboxylic acids is 1. The van der Waals surface area contributed by atoms with Gasteiger partial charge in [0.25, 0.3) is 0 Å². The van der Waals surface area contributed by atoms with Gasteiger partial charge in [0, 0.05) is 18.0 Å². The minimum Gasteiger partial charge on any atom is -0.326 e. The van der Waals surface area contributed by atoms with Gasteiger partial charge < -0.3 is 5.32 Å². The summed E-state index contributed by atoms with van der Waals surface area (Å²) in [6.07, 6.45) is 10.3. The molecule has 0 spiro atoms. The molecule has 0 aromatic heterocycles. The quantitative estimate of drug-likeness (QED) is 0.571. The second-order valence-electron chi connectivity index (χ2n) is 6.10. The zero-order chi connectivity index (χ0) is 14.9. The second kappa shape index (κ2) is 9.09. The fraction of sp³-hybridized carbons (Fsp3) is 0.611. The number of alkyl halides is 1. The summed E-state index contributed by atoms with van der Waals surface area (Å²) in [6.45, 7) is 0. The normalized spacial score (nSPS) is 16.4. The van der Waals surface area contributed by atoms with E-state index in [-0.39, 0.29) is 5.91 Å². The molecule has 0 atom stereocenters. The van der Waals surface area contributed by atoms with Crippen LogP contribution in [0.15, 0.2) is 24.3 Å². The zero-order valence-corrected chi connectivity index (χ0v) is 13.5. The molecule has 21 heavy (non-hydrogen) atoms. The Balaban J connectivity index is 1.83. The molecule has 1 saturated carbocycles. The molecule has 3 heteroatoms. The Morgan fingerprint density at radius 3 is 2.67 bits per heavy atom. The number of carbonyl (C=O) groups is 1. The summed E-state index contributed by atoms with van der Waals surface area (Å²) in [5, 5.41) is 3.05. The molecule has 2 rings (SSSR count). The van der Waals surface area contributed by atoms with Gasteiger partial charge in [0.15, 0.2) is 0 Å². The minimum absolute atomic E-state index is 0.163. The highest BCUT2D eigenvalue weighted by Crippen LogP contribution is 2.25. The van der Waals surface area contributed by atoms with Crippen LogP contribution in [0.3, 0.4) is 0 Å². The van der Waals surface area contributed by atoms with E-state index in [1.807, 2.05) is 12.1 Å². The van der Waals surface area contributed by atoms with Crippen LogP contribution in [0.5, 0.6) is 0 Å². The molecule has 116 valence electrons. The summed E-state index contributed by atoms with van der Waals surface area (Å²) in [6, 6.07) is 8.13. The van der Waals surface area contributed by atoms with Crippen molar-refractivity contribution in [2.75, 3.05) is 11.2 Å². The summed E-state index contributed by atoms with van der Waals surface area (Å²) in [4.78, 5) is 12.2. The molecule has 0 heterocycles. The molecule has 1 aliphatic carbocycles. The maximum Gasteiger partial charge on any atom is 0.224 e. The SMILES string of the molecule is O=C(CC1CCCCCC1)Nc1cccc(CCCCl)c1. The topological polar surface area (TPSA) is 29.1 Å². The van der Waals surface area contributed by atoms with Crippen molar-refractivity contribution in [2.45, 2.75) is 57.8 Å². The number of hydrogen-bond acceptors (Lipinski definition) is 1. The van der Waals surface area contributed by atoms with Crippen molar-refractivity contribution >= 4 is 23.2 Å². The Labute approximate surface area is 133 Å². The van der Waals surface area contributed by atoms with E-state index in [2.05, 4.69) is 17.4 Å². The number of aryl methyl sites for hydroxylation is 1. The van der Waals surface area contributed by atoms with E-state index in [1.165, 1.54) is 44.1 Å². The van der Waals surface area contributed by atoms with Crippen molar-refractivity contribution in [1.29, 1.82) is 0 Å². The third-order valence-electron chi connectivity index (χ3n) is 4.26. The monoisotopic (exact) mass is 307 g/mol. The van der Waals surface area contributed by atoms with Crippen LogP contribution in [0, 0.1) is 5.92 Å². The van der Waals surface area contributed by atoms with Gasteiger partial charge >= 0.3 is 0 Å². The molecule has 1 aromatic carbocycles. The van der Waals surface area contributed by atoms with Gasteiger partial charge in [-0.1, -0.05) is 37.8 Å². The van der Waals surface area contributed by atoms with E-state index in [0.29, 0.717) is 18.2 Å². The van der Waals surface area contributed by atoms with Crippen molar-refractivity contribution in [3.05, 3.63) is 29.8 Å². The van der Waals surface area contributed by atoms with Gasteiger partial charge in [-0.2, -0.15) is 0 Å². The first-order chi connectivity index (χ1) is 10.3. The highest BCUT2D eigenvalue weighted by atomic mass is 35.5. The number of amides is 1. The Bertz CT molecular complexity index is 439. The molecule has 1 N–H and O–H groups in total. The minimum atomic E-state index is 0.163. The van der Waals surface area contributed by atoms with Gasteiger partial charge in [0.05, 0.1) is 0 Å². The molecule has 0 saturated heterocycles. The fourth-order valence-corrected chi connectivity index (χ4v) is 3.25. The number of nitrogens with one attached hydrogen (secondary N) is 1. The van der Waals surface area contributed by atoms with Gasteiger partial charge in [0.2, 0.25) is 5.91 Å². The smallest absolute Gasteiger partial charge is 0.224 e. The lowest BCUT2D eigenvalue weighted by Crippen LogP contribution is -2.16. The molecule has 2 nitrogen and oxygen atoms in total. The molecule has 0 unspecified atom stereocenters. The summed E-state index contributed by atoms with van der Waals surface area (Å²) in [7, 11) is 0. The predicted molar refractivity (Wildman–Crippen MR) is 89.9 cm³/mol. The zero-order valence-electron chi connectivity index (χ0n) is 12.7. The highest BCUT2D eigenvalue weighted by Gasteiger charge is 2.16. The van der Waals surface area contributed by atoms with E-state index >= 15 is 0 Å². The van der Waals surface area contributed by atoms with Gasteiger partial charge in [-0.05, 0) is 49.3 Å². The first-order valence-corrected chi connectivity index (χ1v) is 8.76. The van der Waals surface area contributed by atoms with Crippen LogP contribution in [0.2, 0.25) is 0 Å². The number of halogens is 1. The standard InChI is InChI=1S/C18H26ClNO/c19-12-6-10-15-9-5-11-17(13-15)20-18(21)14-16-7-3-1-2-4-8-16/h5,9,11,13,16H,1-4,6-8,10,12,14H2,(H,20,21). The molecular formula is C18H26ClNO. The highest BCUT2D eigenvalue weighted by molar-refractivity contribution is 6.17. The molecule has 1 fully saturated rings. The van der Waals surface area contributed by atoms with Crippen molar-refractivity contribution in [1.82, 2.24) is 0 Å². The lowest BCUT2D eigenvalue weighted by atomic mass is 9.96. The van der Waals surface area contributed by atoms with E-state index in [4.69, 9.17) is 11.6 Å². The van der Waals surface area contributed by atoms with Crippen LogP contribution in [-0.4, -0.2) is 11.8 Å². The van der Waals surface area contributed by atoms with Gasteiger partial charge in [-0.25, -0.2) is 0 Å². The maximum atomic E-state index is 12.2. The fourth-order valence-electron chi connectivity index (χ4n) is 3.12. The largest absolute Gasteiger partial charge is 0.326 e. The first-order valence-electron chi connectivity index (χ1n) is 8.22. The summed E-state index contributed by atoms with van der Waals surface area (Å²) >= 11 is 5.73. The Morgan fingerprint density at radius 2 is 1.95 bits per heavy atom. The van der Waals surface area contributed by atoms with Crippen molar-refractivity contribution in [3.8, 4) is 0 Å². The van der Waals surface area contributed by atoms with Crippen molar-refractivity contribution in [3.63, 3.8) is 0 Å². The van der Waals surface area contributed by atoms with Gasteiger partial charge in [0.1, 0.15) is 0 Å². The Hall–Kier alpha value is -1.02. The summed E-state index contributed by atoms with van der Waals surface area (Å²) < 4.78 is 0. The van der Waals surface area contributed by atoms with E-state index in [1.54, 1.807) is 0 Å². The first kappa shape index (κ1) is 16.4. The number of anilines is 1. The van der Waals surface area contributed by atoms with Crippen LogP contribution in [0.4, 0.5) is 5.69 Å². The molecule has 0 aliphatic heterocycles. The lowest BCUT2D eigenvalue weighted by molar-refractivity contribution is -0.117. The molecule has 1 amide bonds. The predicted octanol–water partition coefficient (Wildman–Crippen LogP) is 5.16.